The normalized spacial score (nSPS) is 13.0. The molecule has 1 aliphatic heterocycles. The van der Waals surface area contributed by atoms with Crippen LogP contribution in [0.4, 0.5) is 0 Å². The molecule has 0 atom stereocenters. The molecule has 1 aromatic rings. The van der Waals surface area contributed by atoms with Crippen LogP contribution in [-0.4, -0.2) is 40.9 Å². The highest BCUT2D eigenvalue weighted by atomic mass is 16.5. The van der Waals surface area contributed by atoms with E-state index in [1.54, 1.807) is 12.1 Å². The Balaban J connectivity index is 0.00000106. The monoisotopic (exact) mass is 291 g/mol. The Bertz CT molecular complexity index is 547. The van der Waals surface area contributed by atoms with Gasteiger partial charge in [0.2, 0.25) is 0 Å². The standard InChI is InChI=1S/C13H11NO5.C2H6/c15-11-5-6-12(16)14(11)7-8-19-10-4-2-1-3-9(10)13(17)18;1-2/h1-6H,7-8H2,(H,17,18);1-2H3. The van der Waals surface area contributed by atoms with Gasteiger partial charge in [0.25, 0.3) is 11.8 Å². The number of aromatic carboxylic acids is 1. The maximum absolute atomic E-state index is 11.3. The number of carboxylic acids is 1. The molecular weight excluding hydrogens is 274 g/mol. The van der Waals surface area contributed by atoms with Crippen LogP contribution in [0.3, 0.4) is 0 Å². The summed E-state index contributed by atoms with van der Waals surface area (Å²) in [5, 5.41) is 8.95. The molecule has 1 aromatic carbocycles. The van der Waals surface area contributed by atoms with Crippen LogP contribution in [0.2, 0.25) is 0 Å². The van der Waals surface area contributed by atoms with Gasteiger partial charge in [-0.15, -0.1) is 0 Å². The lowest BCUT2D eigenvalue weighted by Crippen LogP contribution is -2.33. The summed E-state index contributed by atoms with van der Waals surface area (Å²) in [6, 6.07) is 6.18. The number of imide groups is 1. The number of rotatable bonds is 5. The second kappa shape index (κ2) is 7.84. The molecule has 1 N–H and O–H groups in total. The van der Waals surface area contributed by atoms with E-state index in [1.165, 1.54) is 24.3 Å². The first kappa shape index (κ1) is 16.4. The fourth-order valence-electron chi connectivity index (χ4n) is 1.67. The minimum absolute atomic E-state index is 0.0414. The number of ether oxygens (including phenoxy) is 1. The zero-order valence-corrected chi connectivity index (χ0v) is 11.9. The van der Waals surface area contributed by atoms with E-state index in [4.69, 9.17) is 9.84 Å². The average Bonchev–Trinajstić information content (AvgIpc) is 2.81. The van der Waals surface area contributed by atoms with Crippen molar-refractivity contribution in [3.8, 4) is 5.75 Å². The smallest absolute Gasteiger partial charge is 0.339 e. The van der Waals surface area contributed by atoms with Gasteiger partial charge in [-0.2, -0.15) is 0 Å². The van der Waals surface area contributed by atoms with Crippen molar-refractivity contribution in [3.63, 3.8) is 0 Å². The summed E-state index contributed by atoms with van der Waals surface area (Å²) in [6.45, 7) is 4.13. The van der Waals surface area contributed by atoms with Crippen molar-refractivity contribution >= 4 is 17.8 Å². The van der Waals surface area contributed by atoms with Gasteiger partial charge >= 0.3 is 5.97 Å². The Kier molecular flexibility index (Phi) is 6.13. The molecule has 6 heteroatoms. The molecule has 1 aliphatic rings. The van der Waals surface area contributed by atoms with Crippen LogP contribution in [0, 0.1) is 0 Å². The number of para-hydroxylation sites is 1. The summed E-state index contributed by atoms with van der Waals surface area (Å²) in [7, 11) is 0. The van der Waals surface area contributed by atoms with Crippen LogP contribution in [0.5, 0.6) is 5.75 Å². The van der Waals surface area contributed by atoms with Gasteiger partial charge in [-0.05, 0) is 12.1 Å². The van der Waals surface area contributed by atoms with Gasteiger partial charge in [0.05, 0.1) is 6.54 Å². The van der Waals surface area contributed by atoms with Crippen molar-refractivity contribution in [2.24, 2.45) is 0 Å². The Morgan fingerprint density at radius 2 is 1.71 bits per heavy atom. The third-order valence-electron chi connectivity index (χ3n) is 2.59. The first-order chi connectivity index (χ1) is 10.1. The predicted octanol–water partition coefficient (Wildman–Crippen LogP) is 1.71. The number of hydrogen-bond donors (Lipinski definition) is 1. The maximum Gasteiger partial charge on any atom is 0.339 e. The minimum Gasteiger partial charge on any atom is -0.491 e. The molecule has 0 radical (unpaired) electrons. The maximum atomic E-state index is 11.3. The molecule has 0 aromatic heterocycles. The van der Waals surface area contributed by atoms with Gasteiger partial charge < -0.3 is 9.84 Å². The van der Waals surface area contributed by atoms with Crippen LogP contribution in [0.25, 0.3) is 0 Å². The van der Waals surface area contributed by atoms with Crippen LogP contribution in [-0.2, 0) is 9.59 Å². The summed E-state index contributed by atoms with van der Waals surface area (Å²) in [5.41, 5.74) is 0.0414. The van der Waals surface area contributed by atoms with Crippen LogP contribution in [0.1, 0.15) is 24.2 Å². The molecule has 0 bridgehead atoms. The fraction of sp³-hybridized carbons (Fsp3) is 0.267. The molecule has 0 unspecified atom stereocenters. The number of hydrogen-bond acceptors (Lipinski definition) is 4. The number of nitrogens with zero attached hydrogens (tertiary/aromatic N) is 1. The quantitative estimate of drug-likeness (QED) is 0.835. The first-order valence-corrected chi connectivity index (χ1v) is 6.58. The third-order valence-corrected chi connectivity index (χ3v) is 2.59. The van der Waals surface area contributed by atoms with Crippen molar-refractivity contribution in [1.29, 1.82) is 0 Å². The number of carbonyl (C=O) groups is 3. The third kappa shape index (κ3) is 4.17. The molecule has 21 heavy (non-hydrogen) atoms. The molecule has 0 spiro atoms. The van der Waals surface area contributed by atoms with Crippen molar-refractivity contribution in [3.05, 3.63) is 42.0 Å². The molecule has 112 valence electrons. The minimum atomic E-state index is -1.09. The lowest BCUT2D eigenvalue weighted by molar-refractivity contribution is -0.137. The lowest BCUT2D eigenvalue weighted by atomic mass is 10.2. The zero-order chi connectivity index (χ0) is 15.8. The number of carboxylic acid groups (broad SMARTS) is 1. The molecule has 2 amide bonds. The van der Waals surface area contributed by atoms with E-state index in [1.807, 2.05) is 13.8 Å². The summed E-state index contributed by atoms with van der Waals surface area (Å²) >= 11 is 0. The van der Waals surface area contributed by atoms with Crippen molar-refractivity contribution in [2.45, 2.75) is 13.8 Å². The Labute approximate surface area is 122 Å². The van der Waals surface area contributed by atoms with Gasteiger partial charge in [0.1, 0.15) is 17.9 Å². The Morgan fingerprint density at radius 3 is 2.29 bits per heavy atom. The van der Waals surface area contributed by atoms with E-state index in [9.17, 15) is 14.4 Å². The van der Waals surface area contributed by atoms with Crippen LogP contribution >= 0.6 is 0 Å². The van der Waals surface area contributed by atoms with Crippen LogP contribution in [0.15, 0.2) is 36.4 Å². The highest BCUT2D eigenvalue weighted by Gasteiger charge is 2.23. The molecule has 6 nitrogen and oxygen atoms in total. The first-order valence-electron chi connectivity index (χ1n) is 6.58. The van der Waals surface area contributed by atoms with E-state index >= 15 is 0 Å². The Morgan fingerprint density at radius 1 is 1.14 bits per heavy atom. The summed E-state index contributed by atoms with van der Waals surface area (Å²) in [6.07, 6.45) is 2.38. The number of carbonyl (C=O) groups excluding carboxylic acids is 2. The van der Waals surface area contributed by atoms with E-state index in [0.29, 0.717) is 0 Å². The van der Waals surface area contributed by atoms with Crippen molar-refractivity contribution in [2.75, 3.05) is 13.2 Å². The summed E-state index contributed by atoms with van der Waals surface area (Å²) in [4.78, 5) is 34.5. The molecule has 0 saturated carbocycles. The summed E-state index contributed by atoms with van der Waals surface area (Å²) in [5.74, 6) is -1.66. The van der Waals surface area contributed by atoms with E-state index in [2.05, 4.69) is 0 Å². The second-order valence-electron chi connectivity index (χ2n) is 3.81. The SMILES string of the molecule is CC.O=C(O)c1ccccc1OCCN1C(=O)C=CC1=O. The van der Waals surface area contributed by atoms with E-state index in [-0.39, 0.29) is 36.3 Å². The van der Waals surface area contributed by atoms with Gasteiger partial charge in [-0.1, -0.05) is 26.0 Å². The Hall–Kier alpha value is -2.63. The van der Waals surface area contributed by atoms with Gasteiger partial charge in [-0.25, -0.2) is 4.79 Å². The van der Waals surface area contributed by atoms with Crippen molar-refractivity contribution in [1.82, 2.24) is 4.90 Å². The molecule has 0 aliphatic carbocycles. The number of benzene rings is 1. The highest BCUT2D eigenvalue weighted by molar-refractivity contribution is 6.12. The van der Waals surface area contributed by atoms with Gasteiger partial charge in [0.15, 0.2) is 0 Å². The zero-order valence-electron chi connectivity index (χ0n) is 11.9. The van der Waals surface area contributed by atoms with Gasteiger partial charge in [0, 0.05) is 12.2 Å². The van der Waals surface area contributed by atoms with E-state index in [0.717, 1.165) is 4.90 Å². The molecular formula is C15H17NO5. The van der Waals surface area contributed by atoms with Crippen molar-refractivity contribution < 1.29 is 24.2 Å². The fourth-order valence-corrected chi connectivity index (χ4v) is 1.67. The topological polar surface area (TPSA) is 83.9 Å². The van der Waals surface area contributed by atoms with Gasteiger partial charge in [-0.3, -0.25) is 14.5 Å². The largest absolute Gasteiger partial charge is 0.491 e. The molecule has 1 heterocycles. The second-order valence-corrected chi connectivity index (χ2v) is 3.81. The van der Waals surface area contributed by atoms with Crippen LogP contribution < -0.4 is 4.74 Å². The predicted molar refractivity (Wildman–Crippen MR) is 76.1 cm³/mol. The average molecular weight is 291 g/mol. The highest BCUT2D eigenvalue weighted by Crippen LogP contribution is 2.17. The molecule has 0 saturated heterocycles. The molecule has 2 rings (SSSR count). The molecule has 0 fully saturated rings. The van der Waals surface area contributed by atoms with E-state index < -0.39 is 5.97 Å². The summed E-state index contributed by atoms with van der Waals surface area (Å²) < 4.78 is 5.30. The number of amides is 2. The lowest BCUT2D eigenvalue weighted by Gasteiger charge is -2.14.